The molecule has 2 saturated heterocycles. The molecule has 2 aromatic rings. The molecule has 3 fully saturated rings. The van der Waals surface area contributed by atoms with Gasteiger partial charge >= 0.3 is 5.97 Å². The molecule has 1 aliphatic carbocycles. The van der Waals surface area contributed by atoms with Gasteiger partial charge in [-0.25, -0.2) is 4.79 Å². The van der Waals surface area contributed by atoms with Gasteiger partial charge in [0, 0.05) is 42.4 Å². The molecule has 3 heterocycles. The number of H-pyrrole nitrogens is 1. The Hall–Kier alpha value is -3.89. The molecule has 3 amide bonds. The van der Waals surface area contributed by atoms with Gasteiger partial charge in [0.2, 0.25) is 17.7 Å². The third-order valence-corrected chi connectivity index (χ3v) is 9.92. The number of likely N-dealkylation sites (tertiary alicyclic amines) is 1. The molecule has 3 atom stereocenters. The maximum Gasteiger partial charge on any atom is 0.328 e. The van der Waals surface area contributed by atoms with E-state index in [0.717, 1.165) is 43.0 Å². The molecule has 5 rings (SSSR count). The normalized spacial score (nSPS) is 21.5. The Morgan fingerprint density at radius 3 is 2.45 bits per heavy atom. The highest BCUT2D eigenvalue weighted by Gasteiger charge is 2.47. The predicted octanol–water partition coefficient (Wildman–Crippen LogP) is 3.51. The molecule has 2 aliphatic heterocycles. The van der Waals surface area contributed by atoms with Crippen molar-refractivity contribution in [2.45, 2.75) is 82.7 Å². The number of hydrogen-bond acceptors (Lipinski definition) is 7. The van der Waals surface area contributed by atoms with Crippen molar-refractivity contribution in [2.75, 3.05) is 27.3 Å². The van der Waals surface area contributed by atoms with Crippen molar-refractivity contribution in [3.63, 3.8) is 0 Å². The summed E-state index contributed by atoms with van der Waals surface area (Å²) in [6, 6.07) is 6.12. The van der Waals surface area contributed by atoms with E-state index in [2.05, 4.69) is 15.6 Å². The van der Waals surface area contributed by atoms with Crippen molar-refractivity contribution < 1.29 is 33.4 Å². The average Bonchev–Trinajstić information content (AvgIpc) is 3.60. The number of aromatic amines is 1. The standard InChI is InChI=1S/C33H44N4O7/c1-20(38)37-14-12-33(13-15-37)19-22(30(40)36-33)17-27(32(42)44-3)35-31(41)24(16-21-8-5-4-6-9-21)29(39)26-18-23-25(34-26)10-7-11-28(23)43-2/h7,10-11,18,21-22,24,27,34H,4-6,8-9,12-17,19H2,1-3H3,(H,35,41)(H,36,40)/t22?,24-,27-/m0/s1. The molecule has 11 heteroatoms. The first-order chi connectivity index (χ1) is 21.1. The van der Waals surface area contributed by atoms with Crippen LogP contribution in [0.25, 0.3) is 10.9 Å². The molecule has 1 unspecified atom stereocenters. The fraction of sp³-hybridized carbons (Fsp3) is 0.606. The number of carbonyl (C=O) groups is 5. The average molecular weight is 609 g/mol. The zero-order chi connectivity index (χ0) is 31.4. The van der Waals surface area contributed by atoms with Crippen LogP contribution in [0.15, 0.2) is 24.3 Å². The maximum atomic E-state index is 14.0. The second-order valence-corrected chi connectivity index (χ2v) is 12.8. The Labute approximate surface area is 257 Å². The first kappa shape index (κ1) is 31.5. The molecule has 1 aromatic carbocycles. The number of aromatic nitrogens is 1. The van der Waals surface area contributed by atoms with E-state index in [0.29, 0.717) is 50.2 Å². The highest BCUT2D eigenvalue weighted by atomic mass is 16.5. The molecule has 1 saturated carbocycles. The van der Waals surface area contributed by atoms with Crippen LogP contribution in [0.3, 0.4) is 0 Å². The number of carbonyl (C=O) groups excluding carboxylic acids is 5. The van der Waals surface area contributed by atoms with Crippen molar-refractivity contribution in [3.8, 4) is 5.75 Å². The van der Waals surface area contributed by atoms with Crippen LogP contribution in [-0.2, 0) is 23.9 Å². The number of nitrogens with one attached hydrogen (secondary N) is 3. The molecule has 1 spiro atoms. The van der Waals surface area contributed by atoms with Crippen LogP contribution in [-0.4, -0.2) is 78.2 Å². The summed E-state index contributed by atoms with van der Waals surface area (Å²) in [4.78, 5) is 70.7. The summed E-state index contributed by atoms with van der Waals surface area (Å²) in [5, 5.41) is 6.69. The minimum absolute atomic E-state index is 0.0121. The second-order valence-electron chi connectivity index (χ2n) is 12.8. The summed E-state index contributed by atoms with van der Waals surface area (Å²) in [5.74, 6) is -2.38. The Morgan fingerprint density at radius 1 is 1.07 bits per heavy atom. The molecule has 238 valence electrons. The van der Waals surface area contributed by atoms with E-state index >= 15 is 0 Å². The van der Waals surface area contributed by atoms with E-state index in [1.807, 2.05) is 18.2 Å². The third-order valence-electron chi connectivity index (χ3n) is 9.92. The summed E-state index contributed by atoms with van der Waals surface area (Å²) in [7, 11) is 2.81. The number of methoxy groups -OCH3 is 2. The van der Waals surface area contributed by atoms with Crippen LogP contribution in [0.4, 0.5) is 0 Å². The fourth-order valence-electron chi connectivity index (χ4n) is 7.38. The van der Waals surface area contributed by atoms with Gasteiger partial charge in [0.25, 0.3) is 0 Å². The van der Waals surface area contributed by atoms with Crippen molar-refractivity contribution in [3.05, 3.63) is 30.0 Å². The number of fused-ring (bicyclic) bond motifs is 1. The van der Waals surface area contributed by atoms with Gasteiger partial charge in [-0.3, -0.25) is 19.2 Å². The van der Waals surface area contributed by atoms with E-state index in [1.54, 1.807) is 25.0 Å². The number of Topliss-reactive ketones (excluding diaryl/α,β-unsaturated/α-hetero) is 1. The summed E-state index contributed by atoms with van der Waals surface area (Å²) in [6.07, 6.45) is 7.38. The fourth-order valence-corrected chi connectivity index (χ4v) is 7.38. The number of esters is 1. The molecule has 0 radical (unpaired) electrons. The Morgan fingerprint density at radius 2 is 1.80 bits per heavy atom. The Kier molecular flexibility index (Phi) is 9.60. The maximum absolute atomic E-state index is 14.0. The molecule has 44 heavy (non-hydrogen) atoms. The topological polar surface area (TPSA) is 147 Å². The largest absolute Gasteiger partial charge is 0.496 e. The van der Waals surface area contributed by atoms with E-state index in [-0.39, 0.29) is 29.9 Å². The molecule has 3 N–H and O–H groups in total. The number of hydrogen-bond donors (Lipinski definition) is 3. The smallest absolute Gasteiger partial charge is 0.328 e. The van der Waals surface area contributed by atoms with Gasteiger partial charge in [-0.2, -0.15) is 0 Å². The quantitative estimate of drug-likeness (QED) is 0.213. The van der Waals surface area contributed by atoms with Gasteiger partial charge in [-0.15, -0.1) is 0 Å². The summed E-state index contributed by atoms with van der Waals surface area (Å²) in [5.41, 5.74) is 0.602. The lowest BCUT2D eigenvalue weighted by Crippen LogP contribution is -2.51. The molecule has 3 aliphatic rings. The minimum Gasteiger partial charge on any atom is -0.496 e. The monoisotopic (exact) mass is 608 g/mol. The van der Waals surface area contributed by atoms with Gasteiger partial charge in [0.15, 0.2) is 5.78 Å². The van der Waals surface area contributed by atoms with Crippen LogP contribution in [0, 0.1) is 17.8 Å². The number of rotatable bonds is 10. The number of nitrogens with zero attached hydrogens (tertiary/aromatic N) is 1. The zero-order valence-electron chi connectivity index (χ0n) is 25.9. The lowest BCUT2D eigenvalue weighted by atomic mass is 9.80. The van der Waals surface area contributed by atoms with Gasteiger partial charge < -0.3 is 30.0 Å². The number of piperidine rings is 1. The first-order valence-electron chi connectivity index (χ1n) is 15.8. The van der Waals surface area contributed by atoms with Crippen LogP contribution in [0.1, 0.15) is 81.6 Å². The lowest BCUT2D eigenvalue weighted by molar-refractivity contribution is -0.146. The molecule has 11 nitrogen and oxygen atoms in total. The predicted molar refractivity (Wildman–Crippen MR) is 163 cm³/mol. The zero-order valence-corrected chi connectivity index (χ0v) is 25.9. The van der Waals surface area contributed by atoms with Gasteiger partial charge in [-0.1, -0.05) is 38.2 Å². The molecule has 1 aromatic heterocycles. The van der Waals surface area contributed by atoms with Crippen molar-refractivity contribution in [2.24, 2.45) is 17.8 Å². The van der Waals surface area contributed by atoms with Crippen LogP contribution < -0.4 is 15.4 Å². The Bertz CT molecular complexity index is 1400. The van der Waals surface area contributed by atoms with E-state index in [9.17, 15) is 24.0 Å². The molecular formula is C33H44N4O7. The van der Waals surface area contributed by atoms with Crippen molar-refractivity contribution in [1.29, 1.82) is 0 Å². The van der Waals surface area contributed by atoms with Crippen LogP contribution >= 0.6 is 0 Å². The summed E-state index contributed by atoms with van der Waals surface area (Å²) >= 11 is 0. The number of ether oxygens (including phenoxy) is 2. The highest BCUT2D eigenvalue weighted by Crippen LogP contribution is 2.37. The van der Waals surface area contributed by atoms with Crippen LogP contribution in [0.5, 0.6) is 5.75 Å². The number of amides is 3. The minimum atomic E-state index is -1.08. The van der Waals surface area contributed by atoms with E-state index in [1.165, 1.54) is 7.11 Å². The van der Waals surface area contributed by atoms with Gasteiger partial charge in [0.1, 0.15) is 17.7 Å². The van der Waals surface area contributed by atoms with Gasteiger partial charge in [-0.05, 0) is 56.2 Å². The lowest BCUT2D eigenvalue weighted by Gasteiger charge is -2.39. The molecular weight excluding hydrogens is 564 g/mol. The SMILES string of the molecule is COC(=O)[C@H](CC1CC2(CCN(C(C)=O)CC2)NC1=O)NC(=O)[C@@H](CC1CCCCC1)C(=O)c1cc2c(OC)cccc2[nH]1. The highest BCUT2D eigenvalue weighted by molar-refractivity contribution is 6.11. The van der Waals surface area contributed by atoms with Gasteiger partial charge in [0.05, 0.1) is 19.9 Å². The third kappa shape index (κ3) is 6.76. The Balaban J connectivity index is 1.34. The molecule has 0 bridgehead atoms. The number of ketones is 1. The first-order valence-corrected chi connectivity index (χ1v) is 15.8. The van der Waals surface area contributed by atoms with Crippen molar-refractivity contribution in [1.82, 2.24) is 20.5 Å². The van der Waals surface area contributed by atoms with E-state index < -0.39 is 35.3 Å². The summed E-state index contributed by atoms with van der Waals surface area (Å²) < 4.78 is 10.5. The second kappa shape index (κ2) is 13.4. The van der Waals surface area contributed by atoms with Crippen molar-refractivity contribution >= 4 is 40.4 Å². The summed E-state index contributed by atoms with van der Waals surface area (Å²) in [6.45, 7) is 2.66. The number of benzene rings is 1. The van der Waals surface area contributed by atoms with E-state index in [4.69, 9.17) is 9.47 Å². The van der Waals surface area contributed by atoms with Crippen LogP contribution in [0.2, 0.25) is 0 Å².